The molecule has 126 valence electrons. The monoisotopic (exact) mass is 340 g/mol. The lowest BCUT2D eigenvalue weighted by molar-refractivity contribution is 0.0524. The highest BCUT2D eigenvalue weighted by atomic mass is 32.2. The van der Waals surface area contributed by atoms with E-state index in [1.807, 2.05) is 0 Å². The molecule has 1 unspecified atom stereocenters. The van der Waals surface area contributed by atoms with Crippen molar-refractivity contribution < 1.29 is 17.6 Å². The Kier molecular flexibility index (Phi) is 4.18. The number of sulfonamides is 1. The maximum Gasteiger partial charge on any atom is 0.253 e. The molecular weight excluding hydrogens is 319 g/mol. The maximum atomic E-state index is 13.0. The van der Waals surface area contributed by atoms with Crippen LogP contribution in [0.15, 0.2) is 24.3 Å². The van der Waals surface area contributed by atoms with Gasteiger partial charge in [-0.3, -0.25) is 4.79 Å². The molecule has 1 aromatic carbocycles. The highest BCUT2D eigenvalue weighted by Crippen LogP contribution is 2.39. The Balaban J connectivity index is 1.83. The van der Waals surface area contributed by atoms with E-state index in [0.717, 1.165) is 25.7 Å². The number of carbonyl (C=O) groups is 1. The van der Waals surface area contributed by atoms with Gasteiger partial charge in [-0.25, -0.2) is 12.8 Å². The van der Waals surface area contributed by atoms with Crippen LogP contribution in [0, 0.1) is 5.82 Å². The SMILES string of the molecule is CS(=O)(=O)N1CCCC12CCCN(C(=O)c1ccc(F)cc1)C2. The van der Waals surface area contributed by atoms with Crippen LogP contribution < -0.4 is 0 Å². The Morgan fingerprint density at radius 3 is 2.35 bits per heavy atom. The lowest BCUT2D eigenvalue weighted by Crippen LogP contribution is -2.58. The van der Waals surface area contributed by atoms with Crippen molar-refractivity contribution in [2.45, 2.75) is 31.2 Å². The first kappa shape index (κ1) is 16.4. The Hall–Kier alpha value is -1.47. The first-order chi connectivity index (χ1) is 10.8. The number of piperidine rings is 1. The van der Waals surface area contributed by atoms with Crippen molar-refractivity contribution in [1.82, 2.24) is 9.21 Å². The van der Waals surface area contributed by atoms with Gasteiger partial charge >= 0.3 is 0 Å². The molecule has 0 bridgehead atoms. The highest BCUT2D eigenvalue weighted by molar-refractivity contribution is 7.88. The van der Waals surface area contributed by atoms with E-state index < -0.39 is 15.6 Å². The molecule has 1 amide bonds. The number of likely N-dealkylation sites (tertiary alicyclic amines) is 1. The van der Waals surface area contributed by atoms with Crippen molar-refractivity contribution in [1.29, 1.82) is 0 Å². The molecule has 2 fully saturated rings. The van der Waals surface area contributed by atoms with E-state index in [9.17, 15) is 17.6 Å². The van der Waals surface area contributed by atoms with Gasteiger partial charge in [-0.05, 0) is 49.9 Å². The fraction of sp³-hybridized carbons (Fsp3) is 0.562. The van der Waals surface area contributed by atoms with E-state index >= 15 is 0 Å². The molecule has 0 aromatic heterocycles. The molecule has 2 aliphatic heterocycles. The fourth-order valence-electron chi connectivity index (χ4n) is 3.90. The average Bonchev–Trinajstić information content (AvgIpc) is 2.90. The van der Waals surface area contributed by atoms with Gasteiger partial charge in [0.2, 0.25) is 10.0 Å². The molecule has 0 N–H and O–H groups in total. The van der Waals surface area contributed by atoms with Crippen LogP contribution in [-0.4, -0.2) is 55.0 Å². The fourth-order valence-corrected chi connectivity index (χ4v) is 5.30. The number of halogens is 1. The topological polar surface area (TPSA) is 57.7 Å². The number of rotatable bonds is 2. The summed E-state index contributed by atoms with van der Waals surface area (Å²) < 4.78 is 38.7. The van der Waals surface area contributed by atoms with Gasteiger partial charge in [0.1, 0.15) is 5.82 Å². The summed E-state index contributed by atoms with van der Waals surface area (Å²) in [6, 6.07) is 5.49. The van der Waals surface area contributed by atoms with Crippen molar-refractivity contribution >= 4 is 15.9 Å². The molecule has 0 aliphatic carbocycles. The molecular formula is C16H21FN2O3S. The van der Waals surface area contributed by atoms with E-state index in [4.69, 9.17) is 0 Å². The van der Waals surface area contributed by atoms with Crippen molar-refractivity contribution in [3.63, 3.8) is 0 Å². The molecule has 2 saturated heterocycles. The number of hydrogen-bond acceptors (Lipinski definition) is 3. The van der Waals surface area contributed by atoms with Crippen LogP contribution in [0.5, 0.6) is 0 Å². The van der Waals surface area contributed by atoms with Crippen molar-refractivity contribution in [3.05, 3.63) is 35.6 Å². The number of carbonyl (C=O) groups excluding carboxylic acids is 1. The summed E-state index contributed by atoms with van der Waals surface area (Å²) in [5.74, 6) is -0.542. The third-order valence-electron chi connectivity index (χ3n) is 4.87. The molecule has 23 heavy (non-hydrogen) atoms. The lowest BCUT2D eigenvalue weighted by atomic mass is 9.87. The van der Waals surface area contributed by atoms with Gasteiger partial charge in [-0.2, -0.15) is 4.31 Å². The van der Waals surface area contributed by atoms with Crippen LogP contribution in [0.1, 0.15) is 36.0 Å². The summed E-state index contributed by atoms with van der Waals surface area (Å²) in [5, 5.41) is 0. The third kappa shape index (κ3) is 3.12. The summed E-state index contributed by atoms with van der Waals surface area (Å²) in [5.41, 5.74) is -0.0333. The van der Waals surface area contributed by atoms with Gasteiger partial charge in [-0.1, -0.05) is 0 Å². The zero-order valence-corrected chi connectivity index (χ0v) is 14.0. The molecule has 0 saturated carbocycles. The largest absolute Gasteiger partial charge is 0.337 e. The molecule has 1 aromatic rings. The summed E-state index contributed by atoms with van der Waals surface area (Å²) in [6.45, 7) is 1.54. The maximum absolute atomic E-state index is 13.0. The standard InChI is InChI=1S/C16H21FN2O3S/c1-23(21,22)19-11-3-9-16(19)8-2-10-18(12-16)15(20)13-4-6-14(17)7-5-13/h4-7H,2-3,8-12H2,1H3. The Labute approximate surface area is 136 Å². The number of hydrogen-bond donors (Lipinski definition) is 0. The molecule has 1 spiro atoms. The molecule has 1 atom stereocenters. The predicted octanol–water partition coefficient (Wildman–Crippen LogP) is 1.86. The van der Waals surface area contributed by atoms with Gasteiger partial charge in [0, 0.05) is 25.2 Å². The second kappa shape index (κ2) is 5.87. The van der Waals surface area contributed by atoms with Gasteiger partial charge in [0.25, 0.3) is 5.91 Å². The van der Waals surface area contributed by atoms with Crippen LogP contribution in [0.25, 0.3) is 0 Å². The lowest BCUT2D eigenvalue weighted by Gasteiger charge is -2.44. The zero-order chi connectivity index (χ0) is 16.7. The Bertz CT molecular complexity index is 705. The average molecular weight is 340 g/mol. The summed E-state index contributed by atoms with van der Waals surface area (Å²) in [4.78, 5) is 14.4. The van der Waals surface area contributed by atoms with E-state index in [1.54, 1.807) is 9.21 Å². The third-order valence-corrected chi connectivity index (χ3v) is 6.24. The van der Waals surface area contributed by atoms with E-state index in [2.05, 4.69) is 0 Å². The predicted molar refractivity (Wildman–Crippen MR) is 85.1 cm³/mol. The summed E-state index contributed by atoms with van der Waals surface area (Å²) >= 11 is 0. The normalized spacial score (nSPS) is 25.9. The van der Waals surface area contributed by atoms with Crippen molar-refractivity contribution in [2.24, 2.45) is 0 Å². The van der Waals surface area contributed by atoms with E-state index in [-0.39, 0.29) is 11.7 Å². The van der Waals surface area contributed by atoms with Gasteiger partial charge in [0.05, 0.1) is 11.8 Å². The van der Waals surface area contributed by atoms with E-state index in [1.165, 1.54) is 30.5 Å². The molecule has 5 nitrogen and oxygen atoms in total. The highest BCUT2D eigenvalue weighted by Gasteiger charge is 2.48. The van der Waals surface area contributed by atoms with Gasteiger partial charge in [-0.15, -0.1) is 0 Å². The van der Waals surface area contributed by atoms with Crippen LogP contribution in [0.2, 0.25) is 0 Å². The summed E-state index contributed by atoms with van der Waals surface area (Å²) in [6.07, 6.45) is 4.41. The van der Waals surface area contributed by atoms with E-state index in [0.29, 0.717) is 25.2 Å². The van der Waals surface area contributed by atoms with Crippen LogP contribution >= 0.6 is 0 Å². The van der Waals surface area contributed by atoms with Crippen molar-refractivity contribution in [2.75, 3.05) is 25.9 Å². The minimum Gasteiger partial charge on any atom is -0.337 e. The van der Waals surface area contributed by atoms with Crippen LogP contribution in [0.3, 0.4) is 0 Å². The molecule has 0 radical (unpaired) electrons. The molecule has 2 heterocycles. The minimum absolute atomic E-state index is 0.163. The molecule has 3 rings (SSSR count). The quantitative estimate of drug-likeness (QED) is 0.826. The van der Waals surface area contributed by atoms with Gasteiger partial charge < -0.3 is 4.90 Å². The van der Waals surface area contributed by atoms with Crippen molar-refractivity contribution in [3.8, 4) is 0 Å². The smallest absolute Gasteiger partial charge is 0.253 e. The number of amides is 1. The number of nitrogens with zero attached hydrogens (tertiary/aromatic N) is 2. The minimum atomic E-state index is -3.28. The molecule has 7 heteroatoms. The Morgan fingerprint density at radius 2 is 1.74 bits per heavy atom. The van der Waals surface area contributed by atoms with Crippen LogP contribution in [0.4, 0.5) is 4.39 Å². The Morgan fingerprint density at radius 1 is 1.13 bits per heavy atom. The number of benzene rings is 1. The molecule has 2 aliphatic rings. The second-order valence-electron chi connectivity index (χ2n) is 6.50. The summed E-state index contributed by atoms with van der Waals surface area (Å²) in [7, 11) is -3.28. The van der Waals surface area contributed by atoms with Crippen LogP contribution in [-0.2, 0) is 10.0 Å². The van der Waals surface area contributed by atoms with Gasteiger partial charge in [0.15, 0.2) is 0 Å². The zero-order valence-electron chi connectivity index (χ0n) is 13.2. The first-order valence-corrected chi connectivity index (χ1v) is 9.69. The first-order valence-electron chi connectivity index (χ1n) is 7.85. The second-order valence-corrected chi connectivity index (χ2v) is 8.41.